The molecule has 0 spiro atoms. The smallest absolute Gasteiger partial charge is 0.416 e. The zero-order valence-electron chi connectivity index (χ0n) is 20.6. The second-order valence-corrected chi connectivity index (χ2v) is 9.57. The molecule has 36 heavy (non-hydrogen) atoms. The standard InChI is InChI=1S/C25H31F4N3O4/c1-4-19-21-20(7-5-9-35-10-6-8-30-22(21)33)32(31-19)14-24(2,3)15-36-23(34)16-11-17(25(27,28)29)13-18(26)12-16/h11-13H,4-10,14-15H2,1-3H3,(H,30,33). The second kappa shape index (κ2) is 11.4. The van der Waals surface area contributed by atoms with Crippen LogP contribution in [0.3, 0.4) is 0 Å². The van der Waals surface area contributed by atoms with Crippen LogP contribution in [0.1, 0.15) is 71.3 Å². The summed E-state index contributed by atoms with van der Waals surface area (Å²) < 4.78 is 65.3. The maximum Gasteiger partial charge on any atom is 0.416 e. The first kappa shape index (κ1) is 27.6. The lowest BCUT2D eigenvalue weighted by molar-refractivity contribution is -0.137. The quantitative estimate of drug-likeness (QED) is 0.452. The number of amides is 1. The van der Waals surface area contributed by atoms with E-state index in [-0.39, 0.29) is 19.1 Å². The van der Waals surface area contributed by atoms with Crippen LogP contribution in [0.4, 0.5) is 17.6 Å². The number of nitrogens with one attached hydrogen (secondary N) is 1. The van der Waals surface area contributed by atoms with Gasteiger partial charge in [-0.15, -0.1) is 0 Å². The highest BCUT2D eigenvalue weighted by molar-refractivity contribution is 5.96. The summed E-state index contributed by atoms with van der Waals surface area (Å²) in [6.45, 7) is 7.26. The van der Waals surface area contributed by atoms with Crippen molar-refractivity contribution in [3.63, 3.8) is 0 Å². The maximum absolute atomic E-state index is 13.7. The van der Waals surface area contributed by atoms with E-state index in [2.05, 4.69) is 10.4 Å². The van der Waals surface area contributed by atoms with Crippen molar-refractivity contribution in [2.24, 2.45) is 5.41 Å². The molecule has 0 bridgehead atoms. The van der Waals surface area contributed by atoms with Gasteiger partial charge in [-0.3, -0.25) is 9.48 Å². The highest BCUT2D eigenvalue weighted by atomic mass is 19.4. The third-order valence-corrected chi connectivity index (χ3v) is 5.78. The Kier molecular flexibility index (Phi) is 8.76. The highest BCUT2D eigenvalue weighted by Crippen LogP contribution is 2.31. The van der Waals surface area contributed by atoms with Crippen LogP contribution in [-0.4, -0.2) is 48.0 Å². The predicted octanol–water partition coefficient (Wildman–Crippen LogP) is 4.57. The molecule has 1 amide bonds. The third-order valence-electron chi connectivity index (χ3n) is 5.78. The molecule has 0 saturated carbocycles. The van der Waals surface area contributed by atoms with Crippen LogP contribution in [0.2, 0.25) is 0 Å². The van der Waals surface area contributed by atoms with E-state index >= 15 is 0 Å². The van der Waals surface area contributed by atoms with Gasteiger partial charge in [-0.2, -0.15) is 18.3 Å². The van der Waals surface area contributed by atoms with Crippen molar-refractivity contribution in [3.05, 3.63) is 52.1 Å². The third kappa shape index (κ3) is 7.05. The normalized spacial score (nSPS) is 15.6. The van der Waals surface area contributed by atoms with Gasteiger partial charge in [0.05, 0.1) is 34.7 Å². The average Bonchev–Trinajstić information content (AvgIpc) is 3.12. The Labute approximate surface area is 207 Å². The summed E-state index contributed by atoms with van der Waals surface area (Å²) in [5.74, 6) is -2.42. The van der Waals surface area contributed by atoms with Crippen molar-refractivity contribution < 1.29 is 36.6 Å². The number of carbonyl (C=O) groups is 2. The number of halogens is 4. The van der Waals surface area contributed by atoms with E-state index in [9.17, 15) is 27.2 Å². The van der Waals surface area contributed by atoms with Crippen LogP contribution in [0.15, 0.2) is 18.2 Å². The monoisotopic (exact) mass is 513 g/mol. The summed E-state index contributed by atoms with van der Waals surface area (Å²) >= 11 is 0. The molecule has 0 atom stereocenters. The largest absolute Gasteiger partial charge is 0.461 e. The summed E-state index contributed by atoms with van der Waals surface area (Å²) in [4.78, 5) is 25.3. The topological polar surface area (TPSA) is 82.5 Å². The van der Waals surface area contributed by atoms with Crippen LogP contribution in [0.5, 0.6) is 0 Å². The fourth-order valence-corrected chi connectivity index (χ4v) is 4.02. The molecule has 3 rings (SSSR count). The number of hydrogen-bond acceptors (Lipinski definition) is 5. The molecule has 0 unspecified atom stereocenters. The first-order chi connectivity index (χ1) is 16.9. The SMILES string of the molecule is CCc1nn(CC(C)(C)COC(=O)c2cc(F)cc(C(F)(F)F)c2)c2c1C(=O)NCCCOCCC2. The second-order valence-electron chi connectivity index (χ2n) is 9.57. The number of carbonyl (C=O) groups excluding carboxylic acids is 2. The van der Waals surface area contributed by atoms with E-state index in [4.69, 9.17) is 9.47 Å². The lowest BCUT2D eigenvalue weighted by atomic mass is 9.94. The van der Waals surface area contributed by atoms with Gasteiger partial charge in [0.25, 0.3) is 5.91 Å². The van der Waals surface area contributed by atoms with E-state index in [1.165, 1.54) is 0 Å². The Morgan fingerprint density at radius 3 is 2.61 bits per heavy atom. The maximum atomic E-state index is 13.7. The van der Waals surface area contributed by atoms with Crippen molar-refractivity contribution >= 4 is 11.9 Å². The van der Waals surface area contributed by atoms with Crippen LogP contribution in [0.25, 0.3) is 0 Å². The van der Waals surface area contributed by atoms with Gasteiger partial charge in [0.2, 0.25) is 0 Å². The summed E-state index contributed by atoms with van der Waals surface area (Å²) in [6.07, 6.45) is -2.26. The zero-order valence-corrected chi connectivity index (χ0v) is 20.6. The van der Waals surface area contributed by atoms with Gasteiger partial charge in [0.1, 0.15) is 5.82 Å². The summed E-state index contributed by atoms with van der Waals surface area (Å²) in [7, 11) is 0. The van der Waals surface area contributed by atoms with E-state index in [1.54, 1.807) is 18.5 Å². The van der Waals surface area contributed by atoms with Gasteiger partial charge in [-0.25, -0.2) is 9.18 Å². The number of esters is 1. The van der Waals surface area contributed by atoms with Crippen molar-refractivity contribution in [1.82, 2.24) is 15.1 Å². The molecule has 2 aromatic rings. The number of aromatic nitrogens is 2. The van der Waals surface area contributed by atoms with E-state index in [0.29, 0.717) is 74.9 Å². The molecule has 1 aliphatic rings. The van der Waals surface area contributed by atoms with Crippen LogP contribution in [0, 0.1) is 11.2 Å². The first-order valence-corrected chi connectivity index (χ1v) is 11.9. The summed E-state index contributed by atoms with van der Waals surface area (Å²) in [6, 6.07) is 1.60. The predicted molar refractivity (Wildman–Crippen MR) is 123 cm³/mol. The van der Waals surface area contributed by atoms with E-state index < -0.39 is 34.5 Å². The van der Waals surface area contributed by atoms with Crippen LogP contribution in [-0.2, 0) is 35.0 Å². The lowest BCUT2D eigenvalue weighted by Crippen LogP contribution is -2.29. The number of rotatable bonds is 6. The minimum Gasteiger partial charge on any atom is -0.461 e. The molecule has 1 N–H and O–H groups in total. The molecule has 1 aliphatic heterocycles. The zero-order chi connectivity index (χ0) is 26.5. The molecule has 1 aromatic heterocycles. The fraction of sp³-hybridized carbons (Fsp3) is 0.560. The molecule has 0 saturated heterocycles. The number of fused-ring (bicyclic) bond motifs is 1. The fourth-order valence-electron chi connectivity index (χ4n) is 4.02. The van der Waals surface area contributed by atoms with E-state index in [1.807, 2.05) is 6.92 Å². The van der Waals surface area contributed by atoms with Gasteiger partial charge in [0.15, 0.2) is 0 Å². The van der Waals surface area contributed by atoms with Gasteiger partial charge >= 0.3 is 12.1 Å². The Morgan fingerprint density at radius 1 is 1.19 bits per heavy atom. The first-order valence-electron chi connectivity index (χ1n) is 11.9. The van der Waals surface area contributed by atoms with Crippen LogP contribution >= 0.6 is 0 Å². The number of benzene rings is 1. The highest BCUT2D eigenvalue weighted by Gasteiger charge is 2.33. The van der Waals surface area contributed by atoms with Gasteiger partial charge in [0, 0.05) is 31.7 Å². The molecule has 0 radical (unpaired) electrons. The molecule has 7 nitrogen and oxygen atoms in total. The number of nitrogens with zero attached hydrogens (tertiary/aromatic N) is 2. The molecule has 0 fully saturated rings. The van der Waals surface area contributed by atoms with Gasteiger partial charge in [-0.1, -0.05) is 20.8 Å². The molecule has 198 valence electrons. The van der Waals surface area contributed by atoms with Crippen molar-refractivity contribution in [2.45, 2.75) is 59.2 Å². The molecule has 1 aromatic carbocycles. The summed E-state index contributed by atoms with van der Waals surface area (Å²) in [5.41, 5.74) is -0.507. The lowest BCUT2D eigenvalue weighted by Gasteiger charge is -2.25. The van der Waals surface area contributed by atoms with Crippen LogP contribution < -0.4 is 5.32 Å². The molecule has 11 heteroatoms. The number of alkyl halides is 3. The minimum absolute atomic E-state index is 0.158. The Morgan fingerprint density at radius 2 is 1.92 bits per heavy atom. The Hall–Kier alpha value is -2.95. The number of ether oxygens (including phenoxy) is 2. The van der Waals surface area contributed by atoms with Gasteiger partial charge < -0.3 is 14.8 Å². The van der Waals surface area contributed by atoms with Gasteiger partial charge in [-0.05, 0) is 43.9 Å². The number of hydrogen-bond donors (Lipinski definition) is 1. The van der Waals surface area contributed by atoms with Crippen molar-refractivity contribution in [1.29, 1.82) is 0 Å². The minimum atomic E-state index is -4.79. The average molecular weight is 514 g/mol. The van der Waals surface area contributed by atoms with Crippen molar-refractivity contribution in [3.8, 4) is 0 Å². The Bertz CT molecular complexity index is 1100. The van der Waals surface area contributed by atoms with Crippen molar-refractivity contribution in [2.75, 3.05) is 26.4 Å². The van der Waals surface area contributed by atoms with E-state index in [0.717, 1.165) is 5.69 Å². The molecule has 2 heterocycles. The Balaban J connectivity index is 1.78. The summed E-state index contributed by atoms with van der Waals surface area (Å²) in [5, 5.41) is 7.56. The molecule has 0 aliphatic carbocycles. The number of aryl methyl sites for hydroxylation is 1. The molecular formula is C25H31F4N3O4. The molecular weight excluding hydrogens is 482 g/mol.